The average Bonchev–Trinajstić information content (AvgIpc) is 2.61. The molecule has 0 bridgehead atoms. The summed E-state index contributed by atoms with van der Waals surface area (Å²) < 4.78 is 13.4. The fourth-order valence-corrected chi connectivity index (χ4v) is 2.86. The lowest BCUT2D eigenvalue weighted by molar-refractivity contribution is 0.0984. The molecule has 3 rings (SSSR count). The first-order valence-electron chi connectivity index (χ1n) is 7.77. The second-order valence-corrected chi connectivity index (χ2v) is 6.07. The minimum Gasteiger partial charge on any atom is -0.302 e. The van der Waals surface area contributed by atoms with E-state index in [1.165, 1.54) is 18.2 Å². The van der Waals surface area contributed by atoms with Crippen LogP contribution in [0.1, 0.15) is 21.5 Å². The monoisotopic (exact) mass is 354 g/mol. The Morgan fingerprint density at radius 2 is 1.92 bits per heavy atom. The summed E-state index contributed by atoms with van der Waals surface area (Å²) in [6.45, 7) is 2.15. The Morgan fingerprint density at radius 3 is 2.60 bits per heavy atom. The van der Waals surface area contributed by atoms with E-state index in [0.29, 0.717) is 17.8 Å². The molecule has 3 nitrogen and oxygen atoms in total. The van der Waals surface area contributed by atoms with Crippen LogP contribution in [-0.2, 0) is 6.54 Å². The van der Waals surface area contributed by atoms with Crippen LogP contribution in [0.2, 0.25) is 5.02 Å². The topological polar surface area (TPSA) is 33.2 Å². The smallest absolute Gasteiger partial charge is 0.259 e. The van der Waals surface area contributed by atoms with Crippen molar-refractivity contribution in [1.29, 1.82) is 0 Å². The maximum atomic E-state index is 13.4. The first-order chi connectivity index (χ1) is 12.1. The van der Waals surface area contributed by atoms with Crippen molar-refractivity contribution >= 4 is 23.2 Å². The Morgan fingerprint density at radius 1 is 1.16 bits per heavy atom. The molecule has 1 amide bonds. The van der Waals surface area contributed by atoms with Crippen molar-refractivity contribution < 1.29 is 9.18 Å². The van der Waals surface area contributed by atoms with Crippen molar-refractivity contribution in [2.24, 2.45) is 0 Å². The van der Waals surface area contributed by atoms with Gasteiger partial charge in [-0.25, -0.2) is 4.39 Å². The standard InChI is InChI=1S/C20H16ClFN2O/c1-14-12-23-10-9-17(14)20(25)24(13-15-5-3-2-4-6-15)19-8-7-16(22)11-18(19)21/h2-12H,13H2,1H3. The first kappa shape index (κ1) is 17.1. The number of amides is 1. The van der Waals surface area contributed by atoms with Gasteiger partial charge in [0.25, 0.3) is 5.91 Å². The molecule has 0 fully saturated rings. The molecule has 2 aromatic carbocycles. The fourth-order valence-electron chi connectivity index (χ4n) is 2.59. The van der Waals surface area contributed by atoms with E-state index in [4.69, 9.17) is 11.6 Å². The zero-order chi connectivity index (χ0) is 17.8. The number of halogens is 2. The SMILES string of the molecule is Cc1cnccc1C(=O)N(Cc1ccccc1)c1ccc(F)cc1Cl. The lowest BCUT2D eigenvalue weighted by Gasteiger charge is -2.25. The van der Waals surface area contributed by atoms with Crippen LogP contribution in [0.3, 0.4) is 0 Å². The Labute approximate surface area is 150 Å². The maximum Gasteiger partial charge on any atom is 0.259 e. The van der Waals surface area contributed by atoms with Crippen molar-refractivity contribution in [3.05, 3.63) is 94.5 Å². The van der Waals surface area contributed by atoms with Crippen LogP contribution in [0, 0.1) is 12.7 Å². The zero-order valence-corrected chi connectivity index (χ0v) is 14.4. The van der Waals surface area contributed by atoms with Gasteiger partial charge in [-0.15, -0.1) is 0 Å². The summed E-state index contributed by atoms with van der Waals surface area (Å²) in [5.41, 5.74) is 2.71. The van der Waals surface area contributed by atoms with E-state index in [0.717, 1.165) is 11.1 Å². The van der Waals surface area contributed by atoms with Crippen LogP contribution in [0.4, 0.5) is 10.1 Å². The normalized spacial score (nSPS) is 10.5. The van der Waals surface area contributed by atoms with Crippen molar-refractivity contribution in [2.45, 2.75) is 13.5 Å². The molecular formula is C20H16ClFN2O. The Balaban J connectivity index is 2.05. The number of aryl methyl sites for hydroxylation is 1. The average molecular weight is 355 g/mol. The van der Waals surface area contributed by atoms with Gasteiger partial charge >= 0.3 is 0 Å². The second kappa shape index (κ2) is 7.45. The van der Waals surface area contributed by atoms with Gasteiger partial charge in [0, 0.05) is 18.0 Å². The molecule has 0 unspecified atom stereocenters. The third-order valence-corrected chi connectivity index (χ3v) is 4.18. The highest BCUT2D eigenvalue weighted by molar-refractivity contribution is 6.34. The quantitative estimate of drug-likeness (QED) is 0.658. The number of hydrogen-bond donors (Lipinski definition) is 0. The highest BCUT2D eigenvalue weighted by Gasteiger charge is 2.22. The highest BCUT2D eigenvalue weighted by Crippen LogP contribution is 2.29. The van der Waals surface area contributed by atoms with E-state index >= 15 is 0 Å². The highest BCUT2D eigenvalue weighted by atomic mass is 35.5. The van der Waals surface area contributed by atoms with Crippen LogP contribution < -0.4 is 4.90 Å². The van der Waals surface area contributed by atoms with Crippen molar-refractivity contribution in [3.63, 3.8) is 0 Å². The summed E-state index contributed by atoms with van der Waals surface area (Å²) in [7, 11) is 0. The molecule has 0 saturated carbocycles. The number of hydrogen-bond acceptors (Lipinski definition) is 2. The van der Waals surface area contributed by atoms with Gasteiger partial charge in [0.1, 0.15) is 5.82 Å². The molecule has 0 aliphatic rings. The summed E-state index contributed by atoms with van der Waals surface area (Å²) in [5.74, 6) is -0.654. The molecule has 0 aliphatic heterocycles. The van der Waals surface area contributed by atoms with E-state index in [1.807, 2.05) is 37.3 Å². The molecule has 3 aromatic rings. The van der Waals surface area contributed by atoms with Gasteiger partial charge in [0.15, 0.2) is 0 Å². The van der Waals surface area contributed by atoms with E-state index in [9.17, 15) is 9.18 Å². The van der Waals surface area contributed by atoms with E-state index in [1.54, 1.807) is 23.4 Å². The number of aromatic nitrogens is 1. The predicted octanol–water partition coefficient (Wildman–Crippen LogP) is 5.03. The minimum absolute atomic E-state index is 0.191. The molecule has 0 aliphatic carbocycles. The molecule has 0 atom stereocenters. The summed E-state index contributed by atoms with van der Waals surface area (Å²) in [4.78, 5) is 18.7. The molecule has 25 heavy (non-hydrogen) atoms. The summed E-state index contributed by atoms with van der Waals surface area (Å²) in [6.07, 6.45) is 3.22. The third-order valence-electron chi connectivity index (χ3n) is 3.88. The van der Waals surface area contributed by atoms with Gasteiger partial charge in [-0.1, -0.05) is 41.9 Å². The fraction of sp³-hybridized carbons (Fsp3) is 0.100. The lowest BCUT2D eigenvalue weighted by Crippen LogP contribution is -2.31. The van der Waals surface area contributed by atoms with Crippen molar-refractivity contribution in [3.8, 4) is 0 Å². The molecule has 0 radical (unpaired) electrons. The Kier molecular flexibility index (Phi) is 5.10. The molecule has 126 valence electrons. The van der Waals surface area contributed by atoms with Crippen molar-refractivity contribution in [1.82, 2.24) is 4.98 Å². The number of carbonyl (C=O) groups excluding carboxylic acids is 1. The number of benzene rings is 2. The van der Waals surface area contributed by atoms with Gasteiger partial charge < -0.3 is 4.90 Å². The van der Waals surface area contributed by atoms with Crippen molar-refractivity contribution in [2.75, 3.05) is 4.90 Å². The van der Waals surface area contributed by atoms with Crippen LogP contribution >= 0.6 is 11.6 Å². The Bertz CT molecular complexity index is 899. The molecule has 1 heterocycles. The minimum atomic E-state index is -0.444. The van der Waals surface area contributed by atoms with Gasteiger partial charge in [-0.05, 0) is 42.3 Å². The molecule has 0 spiro atoms. The number of nitrogens with zero attached hydrogens (tertiary/aromatic N) is 2. The zero-order valence-electron chi connectivity index (χ0n) is 13.6. The van der Waals surface area contributed by atoms with Crippen LogP contribution in [-0.4, -0.2) is 10.9 Å². The lowest BCUT2D eigenvalue weighted by atomic mass is 10.1. The Hall–Kier alpha value is -2.72. The molecule has 1 aromatic heterocycles. The van der Waals surface area contributed by atoms with E-state index in [2.05, 4.69) is 4.98 Å². The molecule has 0 N–H and O–H groups in total. The van der Waals surface area contributed by atoms with Gasteiger partial charge in [-0.3, -0.25) is 9.78 Å². The van der Waals surface area contributed by atoms with Gasteiger partial charge in [-0.2, -0.15) is 0 Å². The van der Waals surface area contributed by atoms with E-state index in [-0.39, 0.29) is 10.9 Å². The summed E-state index contributed by atoms with van der Waals surface area (Å²) in [5, 5.41) is 0.191. The molecule has 5 heteroatoms. The first-order valence-corrected chi connectivity index (χ1v) is 8.15. The number of rotatable bonds is 4. The summed E-state index contributed by atoms with van der Waals surface area (Å²) >= 11 is 6.22. The molecular weight excluding hydrogens is 339 g/mol. The van der Waals surface area contributed by atoms with Gasteiger partial charge in [0.2, 0.25) is 0 Å². The van der Waals surface area contributed by atoms with Crippen LogP contribution in [0.15, 0.2) is 67.0 Å². The number of carbonyl (C=O) groups is 1. The second-order valence-electron chi connectivity index (χ2n) is 5.66. The predicted molar refractivity (Wildman–Crippen MR) is 97.3 cm³/mol. The number of pyridine rings is 1. The van der Waals surface area contributed by atoms with Gasteiger partial charge in [0.05, 0.1) is 17.3 Å². The largest absolute Gasteiger partial charge is 0.302 e. The third kappa shape index (κ3) is 3.86. The summed E-state index contributed by atoms with van der Waals surface area (Å²) in [6, 6.07) is 15.3. The van der Waals surface area contributed by atoms with E-state index < -0.39 is 5.82 Å². The maximum absolute atomic E-state index is 13.4. The number of anilines is 1. The van der Waals surface area contributed by atoms with Crippen LogP contribution in [0.5, 0.6) is 0 Å². The van der Waals surface area contributed by atoms with Crippen LogP contribution in [0.25, 0.3) is 0 Å². The molecule has 0 saturated heterocycles.